The van der Waals surface area contributed by atoms with Crippen LogP contribution in [0.2, 0.25) is 0 Å². The van der Waals surface area contributed by atoms with Gasteiger partial charge in [0.25, 0.3) is 0 Å². The van der Waals surface area contributed by atoms with E-state index in [1.54, 1.807) is 0 Å². The van der Waals surface area contributed by atoms with Crippen molar-refractivity contribution in [2.75, 3.05) is 6.61 Å². The molecule has 0 unspecified atom stereocenters. The molecular formula is C11H18O3. The smallest absolute Gasteiger partial charge is 0.311 e. The summed E-state index contributed by atoms with van der Waals surface area (Å²) in [5.74, 6) is -0.548. The van der Waals surface area contributed by atoms with Crippen molar-refractivity contribution in [1.29, 1.82) is 0 Å². The van der Waals surface area contributed by atoms with E-state index < -0.39 is 6.10 Å². The maximum atomic E-state index is 11.4. The molecule has 0 aromatic heterocycles. The first-order valence-corrected chi connectivity index (χ1v) is 5.09. The first-order valence-electron chi connectivity index (χ1n) is 5.09. The van der Waals surface area contributed by atoms with Crippen LogP contribution < -0.4 is 0 Å². The van der Waals surface area contributed by atoms with E-state index in [-0.39, 0.29) is 11.9 Å². The lowest BCUT2D eigenvalue weighted by Gasteiger charge is -2.12. The number of ether oxygens (including phenoxy) is 1. The molecule has 1 N–H and O–H groups in total. The van der Waals surface area contributed by atoms with Crippen molar-refractivity contribution in [2.45, 2.75) is 39.2 Å². The number of esters is 1. The number of hydrogen-bond acceptors (Lipinski definition) is 3. The standard InChI is InChI=1S/C11H18O3/c1-8(2)6-7-14-11(13)9-4-3-5-10(9)12/h6,9-10,12H,3-5,7H2,1-2H3/t9-,10+/m0/s1. The van der Waals surface area contributed by atoms with Crippen molar-refractivity contribution >= 4 is 5.97 Å². The van der Waals surface area contributed by atoms with Gasteiger partial charge in [-0.2, -0.15) is 0 Å². The number of carbonyl (C=O) groups is 1. The van der Waals surface area contributed by atoms with Crippen LogP contribution in [0.4, 0.5) is 0 Å². The van der Waals surface area contributed by atoms with Crippen molar-refractivity contribution in [3.63, 3.8) is 0 Å². The maximum absolute atomic E-state index is 11.4. The van der Waals surface area contributed by atoms with Crippen LogP contribution in [0.15, 0.2) is 11.6 Å². The summed E-state index contributed by atoms with van der Waals surface area (Å²) >= 11 is 0. The second-order valence-corrected chi connectivity index (χ2v) is 4.02. The molecule has 0 aliphatic heterocycles. The van der Waals surface area contributed by atoms with Crippen LogP contribution in [0.5, 0.6) is 0 Å². The number of rotatable bonds is 3. The molecule has 80 valence electrons. The lowest BCUT2D eigenvalue weighted by atomic mass is 10.1. The molecule has 0 saturated heterocycles. The van der Waals surface area contributed by atoms with Gasteiger partial charge < -0.3 is 9.84 Å². The molecule has 0 radical (unpaired) electrons. The minimum Gasteiger partial charge on any atom is -0.461 e. The summed E-state index contributed by atoms with van der Waals surface area (Å²) in [6.45, 7) is 4.24. The van der Waals surface area contributed by atoms with Gasteiger partial charge in [0.15, 0.2) is 0 Å². The number of carbonyl (C=O) groups excluding carboxylic acids is 1. The predicted molar refractivity (Wildman–Crippen MR) is 53.7 cm³/mol. The fourth-order valence-electron chi connectivity index (χ4n) is 1.61. The number of aliphatic hydroxyl groups is 1. The van der Waals surface area contributed by atoms with Crippen molar-refractivity contribution in [1.82, 2.24) is 0 Å². The molecule has 14 heavy (non-hydrogen) atoms. The third-order valence-electron chi connectivity index (χ3n) is 2.50. The first-order chi connectivity index (χ1) is 6.61. The molecule has 1 fully saturated rings. The fourth-order valence-corrected chi connectivity index (χ4v) is 1.61. The Morgan fingerprint density at radius 1 is 1.50 bits per heavy atom. The largest absolute Gasteiger partial charge is 0.461 e. The van der Waals surface area contributed by atoms with E-state index in [0.29, 0.717) is 6.61 Å². The molecular weight excluding hydrogens is 180 g/mol. The molecule has 1 rings (SSSR count). The SMILES string of the molecule is CC(C)=CCOC(=O)[C@H]1CCC[C@H]1O. The van der Waals surface area contributed by atoms with Gasteiger partial charge in [-0.1, -0.05) is 5.57 Å². The normalized spacial score (nSPS) is 25.9. The lowest BCUT2D eigenvalue weighted by Crippen LogP contribution is -2.24. The Hall–Kier alpha value is -0.830. The van der Waals surface area contributed by atoms with E-state index in [0.717, 1.165) is 24.8 Å². The molecule has 2 atom stereocenters. The highest BCUT2D eigenvalue weighted by atomic mass is 16.5. The van der Waals surface area contributed by atoms with E-state index >= 15 is 0 Å². The Kier molecular flexibility index (Phi) is 4.14. The summed E-state index contributed by atoms with van der Waals surface area (Å²) in [7, 11) is 0. The van der Waals surface area contributed by atoms with Crippen LogP contribution in [0, 0.1) is 5.92 Å². The van der Waals surface area contributed by atoms with Crippen LogP contribution in [-0.4, -0.2) is 23.8 Å². The zero-order valence-electron chi connectivity index (χ0n) is 8.82. The molecule has 0 amide bonds. The quantitative estimate of drug-likeness (QED) is 0.554. The van der Waals surface area contributed by atoms with Crippen molar-refractivity contribution in [3.8, 4) is 0 Å². The predicted octanol–water partition coefficient (Wildman–Crippen LogP) is 1.66. The highest BCUT2D eigenvalue weighted by Crippen LogP contribution is 2.26. The van der Waals surface area contributed by atoms with Crippen LogP contribution in [-0.2, 0) is 9.53 Å². The summed E-state index contributed by atoms with van der Waals surface area (Å²) in [4.78, 5) is 11.4. The van der Waals surface area contributed by atoms with Crippen molar-refractivity contribution < 1.29 is 14.6 Å². The summed E-state index contributed by atoms with van der Waals surface area (Å²) in [6.07, 6.45) is 3.77. The Labute approximate surface area is 84.8 Å². The lowest BCUT2D eigenvalue weighted by molar-refractivity contribution is -0.150. The number of allylic oxidation sites excluding steroid dienone is 1. The molecule has 0 heterocycles. The molecule has 0 spiro atoms. The van der Waals surface area contributed by atoms with Gasteiger partial charge >= 0.3 is 5.97 Å². The highest BCUT2D eigenvalue weighted by molar-refractivity contribution is 5.73. The maximum Gasteiger partial charge on any atom is 0.311 e. The van der Waals surface area contributed by atoms with E-state index in [1.807, 2.05) is 19.9 Å². The molecule has 1 saturated carbocycles. The van der Waals surface area contributed by atoms with Gasteiger partial charge in [0.2, 0.25) is 0 Å². The van der Waals surface area contributed by atoms with Crippen LogP contribution in [0.1, 0.15) is 33.1 Å². The molecule has 3 nitrogen and oxygen atoms in total. The van der Waals surface area contributed by atoms with Gasteiger partial charge in [0.1, 0.15) is 6.61 Å². The van der Waals surface area contributed by atoms with E-state index in [9.17, 15) is 9.90 Å². The van der Waals surface area contributed by atoms with E-state index in [1.165, 1.54) is 0 Å². The van der Waals surface area contributed by atoms with Crippen LogP contribution in [0.25, 0.3) is 0 Å². The van der Waals surface area contributed by atoms with E-state index in [2.05, 4.69) is 0 Å². The van der Waals surface area contributed by atoms with E-state index in [4.69, 9.17) is 4.74 Å². The topological polar surface area (TPSA) is 46.5 Å². The van der Waals surface area contributed by atoms with Gasteiger partial charge in [-0.3, -0.25) is 4.79 Å². The molecule has 0 bridgehead atoms. The summed E-state index contributed by atoms with van der Waals surface area (Å²) in [5, 5.41) is 9.45. The van der Waals surface area contributed by atoms with Crippen molar-refractivity contribution in [2.24, 2.45) is 5.92 Å². The molecule has 1 aliphatic rings. The monoisotopic (exact) mass is 198 g/mol. The molecule has 0 aromatic carbocycles. The Morgan fingerprint density at radius 3 is 2.71 bits per heavy atom. The average molecular weight is 198 g/mol. The van der Waals surface area contributed by atoms with Crippen LogP contribution >= 0.6 is 0 Å². The minimum atomic E-state index is -0.491. The van der Waals surface area contributed by atoms with Gasteiger partial charge in [-0.05, 0) is 39.2 Å². The van der Waals surface area contributed by atoms with Gasteiger partial charge in [-0.15, -0.1) is 0 Å². The minimum absolute atomic E-state index is 0.257. The van der Waals surface area contributed by atoms with Gasteiger partial charge in [-0.25, -0.2) is 0 Å². The third-order valence-corrected chi connectivity index (χ3v) is 2.50. The Bertz CT molecular complexity index is 229. The second kappa shape index (κ2) is 5.15. The molecule has 0 aromatic rings. The van der Waals surface area contributed by atoms with Crippen molar-refractivity contribution in [3.05, 3.63) is 11.6 Å². The van der Waals surface area contributed by atoms with Gasteiger partial charge in [0, 0.05) is 0 Å². The highest BCUT2D eigenvalue weighted by Gasteiger charge is 2.32. The zero-order chi connectivity index (χ0) is 10.6. The molecule has 3 heteroatoms. The van der Waals surface area contributed by atoms with Crippen LogP contribution in [0.3, 0.4) is 0 Å². The second-order valence-electron chi connectivity index (χ2n) is 4.02. The Balaban J connectivity index is 2.31. The Morgan fingerprint density at radius 2 is 2.21 bits per heavy atom. The average Bonchev–Trinajstić information content (AvgIpc) is 2.50. The molecule has 1 aliphatic carbocycles. The summed E-state index contributed by atoms with van der Waals surface area (Å²) in [5.41, 5.74) is 1.13. The summed E-state index contributed by atoms with van der Waals surface area (Å²) in [6, 6.07) is 0. The van der Waals surface area contributed by atoms with Gasteiger partial charge in [0.05, 0.1) is 12.0 Å². The number of hydrogen-bond donors (Lipinski definition) is 1. The zero-order valence-corrected chi connectivity index (χ0v) is 8.82. The summed E-state index contributed by atoms with van der Waals surface area (Å²) < 4.78 is 5.03. The number of aliphatic hydroxyl groups excluding tert-OH is 1. The fraction of sp³-hybridized carbons (Fsp3) is 0.727. The first kappa shape index (κ1) is 11.2. The third kappa shape index (κ3) is 3.14.